The summed E-state index contributed by atoms with van der Waals surface area (Å²) in [5, 5.41) is 9.85. The van der Waals surface area contributed by atoms with Crippen molar-refractivity contribution in [2.45, 2.75) is 39.8 Å². The predicted octanol–water partition coefficient (Wildman–Crippen LogP) is 4.06. The van der Waals surface area contributed by atoms with Gasteiger partial charge < -0.3 is 10.6 Å². The molecular formula is C17H25IN4S. The lowest BCUT2D eigenvalue weighted by Crippen LogP contribution is -2.36. The number of nitrogens with zero attached hydrogens (tertiary/aromatic N) is 2. The van der Waals surface area contributed by atoms with E-state index in [4.69, 9.17) is 0 Å². The number of aromatic nitrogens is 1. The molecule has 2 aromatic rings. The van der Waals surface area contributed by atoms with Crippen LogP contribution in [-0.4, -0.2) is 18.0 Å². The second-order valence-electron chi connectivity index (χ2n) is 5.59. The Kier molecular flexibility index (Phi) is 8.54. The van der Waals surface area contributed by atoms with Gasteiger partial charge in [-0.05, 0) is 18.4 Å². The largest absolute Gasteiger partial charge is 0.352 e. The van der Waals surface area contributed by atoms with Crippen molar-refractivity contribution in [1.82, 2.24) is 15.6 Å². The minimum atomic E-state index is 0. The topological polar surface area (TPSA) is 49.3 Å². The SMILES string of the molecule is CN=C(NCc1cccc(C)c1)NCc1nc(C(C)C)cs1.I. The fourth-order valence-electron chi connectivity index (χ4n) is 2.06. The number of guanidine groups is 1. The molecule has 1 heterocycles. The van der Waals surface area contributed by atoms with Crippen molar-refractivity contribution < 1.29 is 0 Å². The number of nitrogens with one attached hydrogen (secondary N) is 2. The summed E-state index contributed by atoms with van der Waals surface area (Å²) in [5.41, 5.74) is 3.68. The fourth-order valence-corrected chi connectivity index (χ4v) is 2.95. The number of hydrogen-bond donors (Lipinski definition) is 2. The van der Waals surface area contributed by atoms with Crippen molar-refractivity contribution in [3.63, 3.8) is 0 Å². The van der Waals surface area contributed by atoms with Crippen molar-refractivity contribution in [3.05, 3.63) is 51.5 Å². The lowest BCUT2D eigenvalue weighted by Gasteiger charge is -2.11. The number of thiazole rings is 1. The van der Waals surface area contributed by atoms with E-state index in [0.717, 1.165) is 23.2 Å². The van der Waals surface area contributed by atoms with Gasteiger partial charge >= 0.3 is 0 Å². The molecular weight excluding hydrogens is 419 g/mol. The molecule has 0 bridgehead atoms. The maximum absolute atomic E-state index is 4.62. The van der Waals surface area contributed by atoms with Crippen LogP contribution in [0.15, 0.2) is 34.6 Å². The highest BCUT2D eigenvalue weighted by Gasteiger charge is 2.06. The van der Waals surface area contributed by atoms with Crippen LogP contribution in [0.3, 0.4) is 0 Å². The zero-order chi connectivity index (χ0) is 15.9. The minimum absolute atomic E-state index is 0. The second kappa shape index (κ2) is 9.87. The molecule has 0 unspecified atom stereocenters. The summed E-state index contributed by atoms with van der Waals surface area (Å²) in [6.45, 7) is 7.88. The third kappa shape index (κ3) is 6.47. The van der Waals surface area contributed by atoms with E-state index in [9.17, 15) is 0 Å². The van der Waals surface area contributed by atoms with Crippen LogP contribution < -0.4 is 10.6 Å². The van der Waals surface area contributed by atoms with E-state index in [1.807, 2.05) is 0 Å². The van der Waals surface area contributed by atoms with Crippen LogP contribution in [0.1, 0.15) is 41.6 Å². The molecule has 0 amide bonds. The van der Waals surface area contributed by atoms with E-state index < -0.39 is 0 Å². The first kappa shape index (κ1) is 19.9. The summed E-state index contributed by atoms with van der Waals surface area (Å²) in [7, 11) is 1.78. The van der Waals surface area contributed by atoms with Gasteiger partial charge in [0.05, 0.1) is 12.2 Å². The summed E-state index contributed by atoms with van der Waals surface area (Å²) < 4.78 is 0. The maximum Gasteiger partial charge on any atom is 0.191 e. The molecule has 0 aliphatic rings. The number of halogens is 1. The standard InChI is InChI=1S/C17H24N4S.HI/c1-12(2)15-11-22-16(21-15)10-20-17(18-4)19-9-14-7-5-6-13(3)8-14;/h5-8,11-12H,9-10H2,1-4H3,(H2,18,19,20);1H. The summed E-state index contributed by atoms with van der Waals surface area (Å²) in [4.78, 5) is 8.87. The summed E-state index contributed by atoms with van der Waals surface area (Å²) in [6.07, 6.45) is 0. The van der Waals surface area contributed by atoms with E-state index in [0.29, 0.717) is 12.5 Å². The first-order valence-electron chi connectivity index (χ1n) is 7.53. The minimum Gasteiger partial charge on any atom is -0.352 e. The van der Waals surface area contributed by atoms with Crippen LogP contribution in [0, 0.1) is 6.92 Å². The van der Waals surface area contributed by atoms with Crippen LogP contribution in [-0.2, 0) is 13.1 Å². The Labute approximate surface area is 159 Å². The van der Waals surface area contributed by atoms with Crippen molar-refractivity contribution in [2.75, 3.05) is 7.05 Å². The van der Waals surface area contributed by atoms with Gasteiger partial charge in [0.1, 0.15) is 5.01 Å². The van der Waals surface area contributed by atoms with Crippen LogP contribution in [0.2, 0.25) is 0 Å². The monoisotopic (exact) mass is 444 g/mol. The molecule has 2 rings (SSSR count). The quantitative estimate of drug-likeness (QED) is 0.416. The van der Waals surface area contributed by atoms with Crippen molar-refractivity contribution in [3.8, 4) is 0 Å². The van der Waals surface area contributed by atoms with Crippen LogP contribution in [0.4, 0.5) is 0 Å². The third-order valence-corrected chi connectivity index (χ3v) is 4.20. The molecule has 0 fully saturated rings. The van der Waals surface area contributed by atoms with Gasteiger partial charge in [0.25, 0.3) is 0 Å². The van der Waals surface area contributed by atoms with Gasteiger partial charge in [0, 0.05) is 19.0 Å². The Hall–Kier alpha value is -1.15. The molecule has 0 atom stereocenters. The lowest BCUT2D eigenvalue weighted by molar-refractivity contribution is 0.785. The van der Waals surface area contributed by atoms with Gasteiger partial charge in [-0.2, -0.15) is 0 Å². The molecule has 0 spiro atoms. The van der Waals surface area contributed by atoms with Gasteiger partial charge in [-0.3, -0.25) is 4.99 Å². The molecule has 0 aliphatic carbocycles. The van der Waals surface area contributed by atoms with Crippen LogP contribution in [0.25, 0.3) is 0 Å². The van der Waals surface area contributed by atoms with Gasteiger partial charge in [-0.25, -0.2) is 4.98 Å². The smallest absolute Gasteiger partial charge is 0.191 e. The summed E-state index contributed by atoms with van der Waals surface area (Å²) in [5.74, 6) is 1.27. The molecule has 1 aromatic carbocycles. The molecule has 2 N–H and O–H groups in total. The van der Waals surface area contributed by atoms with Gasteiger partial charge in [-0.15, -0.1) is 35.3 Å². The highest BCUT2D eigenvalue weighted by atomic mass is 127. The molecule has 0 saturated carbocycles. The second-order valence-corrected chi connectivity index (χ2v) is 6.53. The van der Waals surface area contributed by atoms with Crippen molar-refractivity contribution >= 4 is 41.3 Å². The number of benzene rings is 1. The highest BCUT2D eigenvalue weighted by Crippen LogP contribution is 2.17. The van der Waals surface area contributed by atoms with Gasteiger partial charge in [0.15, 0.2) is 5.96 Å². The maximum atomic E-state index is 4.62. The Bertz CT molecular complexity index is 637. The van der Waals surface area contributed by atoms with E-state index in [1.165, 1.54) is 11.1 Å². The Morgan fingerprint density at radius 2 is 2.00 bits per heavy atom. The zero-order valence-corrected chi connectivity index (χ0v) is 17.2. The van der Waals surface area contributed by atoms with E-state index in [2.05, 4.69) is 71.0 Å². The lowest BCUT2D eigenvalue weighted by atomic mass is 10.1. The zero-order valence-electron chi connectivity index (χ0n) is 14.1. The Morgan fingerprint density at radius 3 is 2.61 bits per heavy atom. The van der Waals surface area contributed by atoms with Crippen molar-refractivity contribution in [1.29, 1.82) is 0 Å². The van der Waals surface area contributed by atoms with E-state index in [-0.39, 0.29) is 24.0 Å². The first-order valence-corrected chi connectivity index (χ1v) is 8.41. The average Bonchev–Trinajstić information content (AvgIpc) is 2.97. The fraction of sp³-hybridized carbons (Fsp3) is 0.412. The van der Waals surface area contributed by atoms with E-state index >= 15 is 0 Å². The number of hydrogen-bond acceptors (Lipinski definition) is 3. The summed E-state index contributed by atoms with van der Waals surface area (Å²) >= 11 is 1.69. The molecule has 23 heavy (non-hydrogen) atoms. The van der Waals surface area contributed by atoms with E-state index in [1.54, 1.807) is 18.4 Å². The number of rotatable bonds is 5. The average molecular weight is 444 g/mol. The molecule has 1 aromatic heterocycles. The van der Waals surface area contributed by atoms with Crippen molar-refractivity contribution in [2.24, 2.45) is 4.99 Å². The molecule has 0 radical (unpaired) electrons. The molecule has 4 nitrogen and oxygen atoms in total. The van der Waals surface area contributed by atoms with Crippen LogP contribution in [0.5, 0.6) is 0 Å². The van der Waals surface area contributed by atoms with Crippen LogP contribution >= 0.6 is 35.3 Å². The van der Waals surface area contributed by atoms with Gasteiger partial charge in [0.2, 0.25) is 0 Å². The molecule has 0 aliphatic heterocycles. The predicted molar refractivity (Wildman–Crippen MR) is 110 cm³/mol. The Morgan fingerprint density at radius 1 is 1.26 bits per heavy atom. The Balaban J connectivity index is 0.00000264. The summed E-state index contributed by atoms with van der Waals surface area (Å²) in [6, 6.07) is 8.47. The molecule has 0 saturated heterocycles. The van der Waals surface area contributed by atoms with Gasteiger partial charge in [-0.1, -0.05) is 43.7 Å². The number of aliphatic imine (C=N–C) groups is 1. The molecule has 6 heteroatoms. The normalized spacial score (nSPS) is 11.3. The third-order valence-electron chi connectivity index (χ3n) is 3.33. The number of aryl methyl sites for hydroxylation is 1. The highest BCUT2D eigenvalue weighted by molar-refractivity contribution is 14.0. The molecule has 126 valence electrons. The first-order chi connectivity index (χ1) is 10.6.